The first-order valence-corrected chi connectivity index (χ1v) is 5.76. The van der Waals surface area contributed by atoms with Gasteiger partial charge in [-0.1, -0.05) is 32.6 Å². The summed E-state index contributed by atoms with van der Waals surface area (Å²) in [5, 5.41) is 2.90. The molecule has 2 heteroatoms. The number of terminal acetylenes is 1. The Bertz CT molecular complexity index is 231. The van der Waals surface area contributed by atoms with Crippen molar-refractivity contribution in [2.75, 3.05) is 0 Å². The lowest BCUT2D eigenvalue weighted by atomic mass is 9.95. The Labute approximate surface area is 93.8 Å². The van der Waals surface area contributed by atoms with Crippen LogP contribution in [-0.4, -0.2) is 11.4 Å². The van der Waals surface area contributed by atoms with Gasteiger partial charge in [0.05, 0.1) is 5.54 Å². The average Bonchev–Trinajstić information content (AvgIpc) is 2.17. The zero-order valence-electron chi connectivity index (χ0n) is 10.4. The van der Waals surface area contributed by atoms with Gasteiger partial charge < -0.3 is 5.32 Å². The van der Waals surface area contributed by atoms with Gasteiger partial charge in [-0.2, -0.15) is 0 Å². The van der Waals surface area contributed by atoms with Crippen LogP contribution in [0.1, 0.15) is 53.4 Å². The molecule has 0 aliphatic carbocycles. The van der Waals surface area contributed by atoms with Crippen LogP contribution in [0.2, 0.25) is 0 Å². The molecule has 0 bridgehead atoms. The van der Waals surface area contributed by atoms with Gasteiger partial charge in [0.2, 0.25) is 5.91 Å². The van der Waals surface area contributed by atoms with Gasteiger partial charge in [0.1, 0.15) is 0 Å². The van der Waals surface area contributed by atoms with Crippen molar-refractivity contribution in [3.63, 3.8) is 0 Å². The van der Waals surface area contributed by atoms with E-state index in [-0.39, 0.29) is 11.8 Å². The molecule has 0 saturated heterocycles. The van der Waals surface area contributed by atoms with E-state index in [1.807, 2.05) is 13.8 Å². The van der Waals surface area contributed by atoms with Crippen LogP contribution in [0.5, 0.6) is 0 Å². The molecule has 1 amide bonds. The maximum atomic E-state index is 11.9. The van der Waals surface area contributed by atoms with E-state index in [4.69, 9.17) is 6.42 Å². The first kappa shape index (κ1) is 14.0. The molecule has 0 aliphatic heterocycles. The highest BCUT2D eigenvalue weighted by atomic mass is 16.2. The van der Waals surface area contributed by atoms with Gasteiger partial charge in [0.15, 0.2) is 0 Å². The standard InChI is InChI=1S/C13H23NO/c1-6-9-11(10-7-2)12(15)14-13(4,5)8-3/h3,11H,6-7,9-10H2,1-2,4-5H3,(H,14,15). The second-order valence-electron chi connectivity index (χ2n) is 4.53. The summed E-state index contributed by atoms with van der Waals surface area (Å²) in [7, 11) is 0. The van der Waals surface area contributed by atoms with Crippen LogP contribution in [-0.2, 0) is 4.79 Å². The Morgan fingerprint density at radius 2 is 1.80 bits per heavy atom. The Kier molecular flexibility index (Phi) is 6.08. The molecule has 0 unspecified atom stereocenters. The van der Waals surface area contributed by atoms with Crippen molar-refractivity contribution in [1.29, 1.82) is 0 Å². The van der Waals surface area contributed by atoms with Crippen molar-refractivity contribution in [2.45, 2.75) is 58.9 Å². The number of nitrogens with one attached hydrogen (secondary N) is 1. The Balaban J connectivity index is 4.32. The first-order chi connectivity index (χ1) is 6.96. The highest BCUT2D eigenvalue weighted by molar-refractivity contribution is 5.79. The minimum atomic E-state index is -0.531. The second kappa shape index (κ2) is 6.50. The Hall–Kier alpha value is -0.970. The third kappa shape index (κ3) is 5.47. The van der Waals surface area contributed by atoms with Crippen molar-refractivity contribution in [3.05, 3.63) is 0 Å². The molecule has 0 aromatic rings. The molecule has 2 nitrogen and oxygen atoms in total. The van der Waals surface area contributed by atoms with Crippen LogP contribution < -0.4 is 5.32 Å². The van der Waals surface area contributed by atoms with Gasteiger partial charge in [-0.25, -0.2) is 0 Å². The fourth-order valence-electron chi connectivity index (χ4n) is 1.55. The van der Waals surface area contributed by atoms with Gasteiger partial charge in [-0.3, -0.25) is 4.79 Å². The molecule has 0 aliphatic rings. The number of amides is 1. The van der Waals surface area contributed by atoms with Gasteiger partial charge in [0, 0.05) is 5.92 Å². The molecule has 0 aromatic carbocycles. The molecule has 0 heterocycles. The zero-order valence-corrected chi connectivity index (χ0v) is 10.4. The van der Waals surface area contributed by atoms with Gasteiger partial charge in [-0.05, 0) is 26.7 Å². The third-order valence-corrected chi connectivity index (χ3v) is 2.44. The molecule has 0 radical (unpaired) electrons. The molecule has 0 aromatic heterocycles. The maximum Gasteiger partial charge on any atom is 0.224 e. The van der Waals surface area contributed by atoms with Crippen LogP contribution in [0.4, 0.5) is 0 Å². The van der Waals surface area contributed by atoms with E-state index in [1.165, 1.54) is 0 Å². The fourth-order valence-corrected chi connectivity index (χ4v) is 1.55. The van der Waals surface area contributed by atoms with Crippen molar-refractivity contribution >= 4 is 5.91 Å². The molecular weight excluding hydrogens is 186 g/mol. The van der Waals surface area contributed by atoms with Gasteiger partial charge in [-0.15, -0.1) is 6.42 Å². The molecule has 0 saturated carbocycles. The normalized spacial score (nSPS) is 11.2. The number of hydrogen-bond donors (Lipinski definition) is 1. The summed E-state index contributed by atoms with van der Waals surface area (Å²) in [6.07, 6.45) is 9.30. The highest BCUT2D eigenvalue weighted by Gasteiger charge is 2.22. The van der Waals surface area contributed by atoms with Gasteiger partial charge >= 0.3 is 0 Å². The van der Waals surface area contributed by atoms with E-state index in [0.717, 1.165) is 25.7 Å². The second-order valence-corrected chi connectivity index (χ2v) is 4.53. The van der Waals surface area contributed by atoms with Crippen LogP contribution in [0.3, 0.4) is 0 Å². The maximum absolute atomic E-state index is 11.9. The molecule has 1 N–H and O–H groups in total. The van der Waals surface area contributed by atoms with E-state index in [2.05, 4.69) is 25.1 Å². The summed E-state index contributed by atoms with van der Waals surface area (Å²) < 4.78 is 0. The lowest BCUT2D eigenvalue weighted by molar-refractivity contribution is -0.126. The Morgan fingerprint density at radius 3 is 2.13 bits per heavy atom. The monoisotopic (exact) mass is 209 g/mol. The van der Waals surface area contributed by atoms with E-state index in [1.54, 1.807) is 0 Å². The summed E-state index contributed by atoms with van der Waals surface area (Å²) in [4.78, 5) is 11.9. The van der Waals surface area contributed by atoms with E-state index in [9.17, 15) is 4.79 Å². The minimum absolute atomic E-state index is 0.0988. The highest BCUT2D eigenvalue weighted by Crippen LogP contribution is 2.15. The number of rotatable bonds is 6. The van der Waals surface area contributed by atoms with Gasteiger partial charge in [0.25, 0.3) is 0 Å². The summed E-state index contributed by atoms with van der Waals surface area (Å²) in [6, 6.07) is 0. The van der Waals surface area contributed by atoms with Crippen molar-refractivity contribution in [3.8, 4) is 12.3 Å². The molecule has 0 fully saturated rings. The molecule has 86 valence electrons. The van der Waals surface area contributed by atoms with Crippen LogP contribution in [0, 0.1) is 18.3 Å². The molecule has 0 spiro atoms. The van der Waals surface area contributed by atoms with Crippen molar-refractivity contribution in [1.82, 2.24) is 5.32 Å². The first-order valence-electron chi connectivity index (χ1n) is 5.76. The number of carbonyl (C=O) groups is 1. The number of hydrogen-bond acceptors (Lipinski definition) is 1. The SMILES string of the molecule is C#CC(C)(C)NC(=O)C(CCC)CCC. The van der Waals surface area contributed by atoms with Crippen LogP contribution in [0.15, 0.2) is 0 Å². The molecule has 0 rings (SSSR count). The quantitative estimate of drug-likeness (QED) is 0.670. The largest absolute Gasteiger partial charge is 0.340 e. The average molecular weight is 209 g/mol. The topological polar surface area (TPSA) is 29.1 Å². The zero-order chi connectivity index (χ0) is 11.9. The van der Waals surface area contributed by atoms with Crippen molar-refractivity contribution < 1.29 is 4.79 Å². The minimum Gasteiger partial charge on any atom is -0.340 e. The van der Waals surface area contributed by atoms with Crippen LogP contribution in [0.25, 0.3) is 0 Å². The van der Waals surface area contributed by atoms with E-state index < -0.39 is 5.54 Å². The predicted molar refractivity (Wildman–Crippen MR) is 64.4 cm³/mol. The molecule has 15 heavy (non-hydrogen) atoms. The smallest absolute Gasteiger partial charge is 0.224 e. The Morgan fingerprint density at radius 1 is 1.33 bits per heavy atom. The summed E-state index contributed by atoms with van der Waals surface area (Å²) >= 11 is 0. The summed E-state index contributed by atoms with van der Waals surface area (Å²) in [5.41, 5.74) is -0.531. The number of carbonyl (C=O) groups excluding carboxylic acids is 1. The predicted octanol–water partition coefficient (Wildman–Crippen LogP) is 2.73. The summed E-state index contributed by atoms with van der Waals surface area (Å²) in [6.45, 7) is 7.89. The van der Waals surface area contributed by atoms with E-state index >= 15 is 0 Å². The third-order valence-electron chi connectivity index (χ3n) is 2.44. The van der Waals surface area contributed by atoms with Crippen molar-refractivity contribution in [2.24, 2.45) is 5.92 Å². The molecule has 0 atom stereocenters. The lowest BCUT2D eigenvalue weighted by Gasteiger charge is -2.23. The fraction of sp³-hybridized carbons (Fsp3) is 0.769. The van der Waals surface area contributed by atoms with Crippen LogP contribution >= 0.6 is 0 Å². The molecular formula is C13H23NO. The lowest BCUT2D eigenvalue weighted by Crippen LogP contribution is -2.45. The summed E-state index contributed by atoms with van der Waals surface area (Å²) in [5.74, 6) is 2.80. The van der Waals surface area contributed by atoms with E-state index in [0.29, 0.717) is 0 Å².